The van der Waals surface area contributed by atoms with Crippen LogP contribution in [0.4, 0.5) is 0 Å². The Bertz CT molecular complexity index is 822. The Morgan fingerprint density at radius 3 is 0.625 bits per heavy atom. The fraction of sp³-hybridized carbons (Fsp3) is 0.984. The van der Waals surface area contributed by atoms with Gasteiger partial charge in [-0.2, -0.15) is 0 Å². The maximum Gasteiger partial charge on any atom is 0.305 e. The Labute approximate surface area is 406 Å². The molecule has 0 aliphatic rings. The minimum Gasteiger partial charge on any atom is -0.465 e. The molecule has 0 aromatic rings. The topological polar surface area (TPSA) is 26.3 Å². The number of hydrogen-bond donors (Lipinski definition) is 0. The van der Waals surface area contributed by atoms with E-state index >= 15 is 0 Å². The summed E-state index contributed by atoms with van der Waals surface area (Å²) in [7, 11) is 0. The van der Waals surface area contributed by atoms with Gasteiger partial charge in [-0.05, 0) is 25.2 Å². The number of esters is 1. The van der Waals surface area contributed by atoms with E-state index in [4.69, 9.17) is 4.74 Å². The Hall–Kier alpha value is -0.530. The van der Waals surface area contributed by atoms with E-state index in [0.29, 0.717) is 18.9 Å². The van der Waals surface area contributed by atoms with Crippen molar-refractivity contribution < 1.29 is 9.53 Å². The highest BCUT2D eigenvalue weighted by molar-refractivity contribution is 5.69. The summed E-state index contributed by atoms with van der Waals surface area (Å²) in [6.45, 7) is 7.60. The van der Waals surface area contributed by atoms with E-state index in [1.165, 1.54) is 347 Å². The predicted molar refractivity (Wildman–Crippen MR) is 290 cm³/mol. The minimum atomic E-state index is 0.0708. The quantitative estimate of drug-likeness (QED) is 0.0449. The van der Waals surface area contributed by atoms with Gasteiger partial charge in [0, 0.05) is 6.42 Å². The van der Waals surface area contributed by atoms with Crippen molar-refractivity contribution in [2.24, 2.45) is 5.92 Å². The fourth-order valence-corrected chi connectivity index (χ4v) is 10.3. The van der Waals surface area contributed by atoms with Crippen molar-refractivity contribution in [2.75, 3.05) is 6.61 Å². The molecule has 0 aliphatic carbocycles. The van der Waals surface area contributed by atoms with Gasteiger partial charge in [-0.25, -0.2) is 0 Å². The first-order valence-electron chi connectivity index (χ1n) is 30.9. The zero-order valence-corrected chi connectivity index (χ0v) is 45.2. The van der Waals surface area contributed by atoms with Crippen LogP contribution in [0.2, 0.25) is 0 Å². The van der Waals surface area contributed by atoms with Crippen LogP contribution < -0.4 is 0 Å². The summed E-state index contributed by atoms with van der Waals surface area (Å²) in [4.78, 5) is 12.8. The van der Waals surface area contributed by atoms with Crippen molar-refractivity contribution in [3.05, 3.63) is 0 Å². The summed E-state index contributed by atoms with van der Waals surface area (Å²) >= 11 is 0. The van der Waals surface area contributed by atoms with Gasteiger partial charge in [0.25, 0.3) is 0 Å². The summed E-state index contributed by atoms with van der Waals surface area (Å²) in [5, 5.41) is 0. The molecule has 0 aromatic carbocycles. The molecule has 0 bridgehead atoms. The van der Waals surface area contributed by atoms with Gasteiger partial charge in [-0.3, -0.25) is 4.79 Å². The first kappa shape index (κ1) is 63.5. The molecule has 2 nitrogen and oxygen atoms in total. The molecule has 0 spiro atoms. The Kier molecular flexibility index (Phi) is 58.1. The smallest absolute Gasteiger partial charge is 0.305 e. The van der Waals surface area contributed by atoms with E-state index in [2.05, 4.69) is 20.8 Å². The van der Waals surface area contributed by atoms with E-state index in [-0.39, 0.29) is 5.97 Å². The lowest BCUT2D eigenvalue weighted by Gasteiger charge is -2.17. The van der Waals surface area contributed by atoms with Gasteiger partial charge in [0.2, 0.25) is 0 Å². The number of unbranched alkanes of at least 4 members (excludes halogenated alkanes) is 50. The van der Waals surface area contributed by atoms with E-state index < -0.39 is 0 Å². The summed E-state index contributed by atoms with van der Waals surface area (Å²) in [6.07, 6.45) is 78.0. The lowest BCUT2D eigenvalue weighted by Crippen LogP contribution is -2.14. The monoisotopic (exact) mass is 901 g/mol. The molecule has 0 fully saturated rings. The zero-order valence-electron chi connectivity index (χ0n) is 45.2. The number of ether oxygens (including phenoxy) is 1. The van der Waals surface area contributed by atoms with Crippen molar-refractivity contribution in [3.63, 3.8) is 0 Å². The molecule has 0 saturated carbocycles. The molecule has 384 valence electrons. The highest BCUT2D eigenvalue weighted by Gasteiger charge is 2.13. The van der Waals surface area contributed by atoms with Gasteiger partial charge >= 0.3 is 5.97 Å². The Balaban J connectivity index is 3.97. The third-order valence-electron chi connectivity index (χ3n) is 14.9. The molecule has 0 amide bonds. The van der Waals surface area contributed by atoms with E-state index in [1.807, 2.05) is 0 Å². The molecular weight excluding hydrogens is 777 g/mol. The van der Waals surface area contributed by atoms with Crippen molar-refractivity contribution in [2.45, 2.75) is 380 Å². The lowest BCUT2D eigenvalue weighted by molar-refractivity contribution is -0.145. The van der Waals surface area contributed by atoms with Crippen molar-refractivity contribution in [3.8, 4) is 0 Å². The fourth-order valence-electron chi connectivity index (χ4n) is 10.3. The summed E-state index contributed by atoms with van der Waals surface area (Å²) in [5.41, 5.74) is 0. The molecule has 0 aromatic heterocycles. The van der Waals surface area contributed by atoms with Crippen LogP contribution in [0.5, 0.6) is 0 Å². The van der Waals surface area contributed by atoms with Gasteiger partial charge in [0.1, 0.15) is 0 Å². The molecular formula is C62H124O2. The molecule has 0 rings (SSSR count). The molecule has 0 saturated heterocycles. The predicted octanol–water partition coefficient (Wildman–Crippen LogP) is 23.1. The molecule has 0 N–H and O–H groups in total. The standard InChI is InChI=1S/C62H124O2/c1-4-7-10-13-16-19-22-25-28-30-31-32-33-34-35-36-38-41-44-47-50-53-56-59-62(63)64-60-61(57-54-51-48-45-42-39-27-24-21-18-15-12-9-6-3)58-55-52-49-46-43-40-37-29-26-23-20-17-14-11-8-5-2/h61H,4-60H2,1-3H3. The SMILES string of the molecule is CCCCCCCCCCCCCCCCCCCCCCCCCC(=O)OCC(CCCCCCCCCCCCCCCC)CCCCCCCCCCCCCCCCCC. The van der Waals surface area contributed by atoms with E-state index in [1.54, 1.807) is 0 Å². The molecule has 2 heteroatoms. The summed E-state index contributed by atoms with van der Waals surface area (Å²) in [5.74, 6) is 0.642. The summed E-state index contributed by atoms with van der Waals surface area (Å²) in [6, 6.07) is 0. The third-order valence-corrected chi connectivity index (χ3v) is 14.9. The van der Waals surface area contributed by atoms with Crippen LogP contribution in [0.3, 0.4) is 0 Å². The van der Waals surface area contributed by atoms with Crippen molar-refractivity contribution in [1.82, 2.24) is 0 Å². The van der Waals surface area contributed by atoms with Crippen LogP contribution in [-0.2, 0) is 9.53 Å². The summed E-state index contributed by atoms with van der Waals surface area (Å²) < 4.78 is 5.96. The molecule has 1 atom stereocenters. The highest BCUT2D eigenvalue weighted by atomic mass is 16.5. The van der Waals surface area contributed by atoms with Crippen LogP contribution in [0, 0.1) is 5.92 Å². The van der Waals surface area contributed by atoms with E-state index in [0.717, 1.165) is 6.42 Å². The van der Waals surface area contributed by atoms with Crippen LogP contribution in [0.1, 0.15) is 380 Å². The third kappa shape index (κ3) is 55.8. The average molecular weight is 902 g/mol. The van der Waals surface area contributed by atoms with Gasteiger partial charge < -0.3 is 4.74 Å². The number of hydrogen-bond acceptors (Lipinski definition) is 2. The van der Waals surface area contributed by atoms with Gasteiger partial charge in [0.15, 0.2) is 0 Å². The first-order chi connectivity index (χ1) is 31.7. The molecule has 0 radical (unpaired) electrons. The van der Waals surface area contributed by atoms with E-state index in [9.17, 15) is 4.79 Å². The first-order valence-corrected chi connectivity index (χ1v) is 30.9. The molecule has 64 heavy (non-hydrogen) atoms. The number of carbonyl (C=O) groups is 1. The van der Waals surface area contributed by atoms with Gasteiger partial charge in [0.05, 0.1) is 6.61 Å². The minimum absolute atomic E-state index is 0.0708. The molecule has 0 heterocycles. The average Bonchev–Trinajstić information content (AvgIpc) is 3.30. The van der Waals surface area contributed by atoms with Crippen LogP contribution >= 0.6 is 0 Å². The normalized spacial score (nSPS) is 12.1. The second kappa shape index (κ2) is 58.6. The molecule has 1 unspecified atom stereocenters. The lowest BCUT2D eigenvalue weighted by atomic mass is 9.94. The van der Waals surface area contributed by atoms with Crippen LogP contribution in [0.25, 0.3) is 0 Å². The maximum absolute atomic E-state index is 12.8. The van der Waals surface area contributed by atoms with Gasteiger partial charge in [-0.15, -0.1) is 0 Å². The Morgan fingerprint density at radius 1 is 0.250 bits per heavy atom. The highest BCUT2D eigenvalue weighted by Crippen LogP contribution is 2.22. The largest absolute Gasteiger partial charge is 0.465 e. The number of carbonyl (C=O) groups excluding carboxylic acids is 1. The zero-order chi connectivity index (χ0) is 46.2. The Morgan fingerprint density at radius 2 is 0.422 bits per heavy atom. The van der Waals surface area contributed by atoms with Crippen molar-refractivity contribution >= 4 is 5.97 Å². The van der Waals surface area contributed by atoms with Crippen LogP contribution in [-0.4, -0.2) is 12.6 Å². The second-order valence-corrected chi connectivity index (χ2v) is 21.6. The number of rotatable bonds is 58. The van der Waals surface area contributed by atoms with Crippen LogP contribution in [0.15, 0.2) is 0 Å². The second-order valence-electron chi connectivity index (χ2n) is 21.6. The van der Waals surface area contributed by atoms with Gasteiger partial charge in [-0.1, -0.05) is 355 Å². The maximum atomic E-state index is 12.8. The molecule has 0 aliphatic heterocycles. The van der Waals surface area contributed by atoms with Crippen molar-refractivity contribution in [1.29, 1.82) is 0 Å².